The molecule has 1 aliphatic rings. The van der Waals surface area contributed by atoms with Gasteiger partial charge >= 0.3 is 0 Å². The molecular weight excluding hydrogens is 234 g/mol. The summed E-state index contributed by atoms with van der Waals surface area (Å²) in [5.74, 6) is 0.952. The van der Waals surface area contributed by atoms with Gasteiger partial charge < -0.3 is 10.2 Å². The first kappa shape index (κ1) is 12.7. The highest BCUT2D eigenvalue weighted by atomic mass is 35.5. The molecule has 1 aromatic rings. The maximum Gasteiger partial charge on any atom is 0.147 e. The topological polar surface area (TPSA) is 28.2 Å². The van der Waals surface area contributed by atoms with Crippen LogP contribution in [-0.4, -0.2) is 25.1 Å². The maximum atomic E-state index is 6.32. The summed E-state index contributed by atoms with van der Waals surface area (Å²) in [5.41, 5.74) is 1.14. The molecule has 2 rings (SSSR count). The molecule has 4 heteroatoms. The zero-order valence-electron chi connectivity index (χ0n) is 10.4. The average molecular weight is 254 g/mol. The SMILES string of the molecule is CNCc1cnc(N2CCCCCC2)c(Cl)c1. The van der Waals surface area contributed by atoms with Gasteiger partial charge in [0.05, 0.1) is 5.02 Å². The highest BCUT2D eigenvalue weighted by molar-refractivity contribution is 6.33. The van der Waals surface area contributed by atoms with Gasteiger partial charge in [-0.05, 0) is 31.5 Å². The van der Waals surface area contributed by atoms with E-state index in [9.17, 15) is 0 Å². The number of halogens is 1. The fourth-order valence-electron chi connectivity index (χ4n) is 2.29. The molecule has 0 atom stereocenters. The summed E-state index contributed by atoms with van der Waals surface area (Å²) in [6, 6.07) is 2.02. The van der Waals surface area contributed by atoms with Crippen molar-refractivity contribution in [2.75, 3.05) is 25.0 Å². The van der Waals surface area contributed by atoms with Gasteiger partial charge in [-0.15, -0.1) is 0 Å². The van der Waals surface area contributed by atoms with E-state index in [1.807, 2.05) is 19.3 Å². The molecule has 94 valence electrons. The molecule has 2 heterocycles. The number of nitrogens with one attached hydrogen (secondary N) is 1. The van der Waals surface area contributed by atoms with Crippen LogP contribution in [0.25, 0.3) is 0 Å². The van der Waals surface area contributed by atoms with Gasteiger partial charge in [0.1, 0.15) is 5.82 Å². The molecule has 0 unspecified atom stereocenters. The van der Waals surface area contributed by atoms with Crippen LogP contribution in [0.3, 0.4) is 0 Å². The van der Waals surface area contributed by atoms with Gasteiger partial charge in [0, 0.05) is 25.8 Å². The fraction of sp³-hybridized carbons (Fsp3) is 0.615. The Morgan fingerprint density at radius 3 is 2.59 bits per heavy atom. The van der Waals surface area contributed by atoms with Gasteiger partial charge in [-0.3, -0.25) is 0 Å². The molecule has 1 saturated heterocycles. The van der Waals surface area contributed by atoms with Crippen molar-refractivity contribution >= 4 is 17.4 Å². The highest BCUT2D eigenvalue weighted by Crippen LogP contribution is 2.26. The Morgan fingerprint density at radius 2 is 2.00 bits per heavy atom. The molecule has 17 heavy (non-hydrogen) atoms. The van der Waals surface area contributed by atoms with E-state index in [1.54, 1.807) is 0 Å². The molecule has 1 aromatic heterocycles. The predicted octanol–water partition coefficient (Wildman–Crippen LogP) is 2.83. The predicted molar refractivity (Wildman–Crippen MR) is 72.7 cm³/mol. The number of rotatable bonds is 3. The second kappa shape index (κ2) is 6.22. The first-order chi connectivity index (χ1) is 8.31. The number of hydrogen-bond donors (Lipinski definition) is 1. The zero-order chi connectivity index (χ0) is 12.1. The van der Waals surface area contributed by atoms with E-state index in [0.717, 1.165) is 36.0 Å². The Labute approximate surface area is 108 Å². The number of nitrogens with zero attached hydrogens (tertiary/aromatic N) is 2. The molecule has 1 fully saturated rings. The summed E-state index contributed by atoms with van der Waals surface area (Å²) in [4.78, 5) is 6.83. The maximum absolute atomic E-state index is 6.32. The normalized spacial score (nSPS) is 16.9. The van der Waals surface area contributed by atoms with Crippen molar-refractivity contribution in [3.8, 4) is 0 Å². The molecule has 0 bridgehead atoms. The summed E-state index contributed by atoms with van der Waals surface area (Å²) >= 11 is 6.32. The Hall–Kier alpha value is -0.800. The van der Waals surface area contributed by atoms with Crippen LogP contribution in [-0.2, 0) is 6.54 Å². The summed E-state index contributed by atoms with van der Waals surface area (Å²) < 4.78 is 0. The van der Waals surface area contributed by atoms with Gasteiger partial charge in [-0.1, -0.05) is 24.4 Å². The van der Waals surface area contributed by atoms with E-state index < -0.39 is 0 Å². The molecular formula is C13H20ClN3. The van der Waals surface area contributed by atoms with Crippen molar-refractivity contribution in [1.29, 1.82) is 0 Å². The summed E-state index contributed by atoms with van der Waals surface area (Å²) in [7, 11) is 1.93. The van der Waals surface area contributed by atoms with E-state index in [2.05, 4.69) is 15.2 Å². The van der Waals surface area contributed by atoms with Crippen LogP contribution in [0.15, 0.2) is 12.3 Å². The monoisotopic (exact) mass is 253 g/mol. The van der Waals surface area contributed by atoms with Crippen molar-refractivity contribution < 1.29 is 0 Å². The zero-order valence-corrected chi connectivity index (χ0v) is 11.1. The minimum absolute atomic E-state index is 0.777. The summed E-state index contributed by atoms with van der Waals surface area (Å²) in [6.07, 6.45) is 7.06. The third kappa shape index (κ3) is 3.33. The first-order valence-corrected chi connectivity index (χ1v) is 6.73. The molecule has 1 aliphatic heterocycles. The Bertz CT molecular complexity index is 360. The summed E-state index contributed by atoms with van der Waals surface area (Å²) in [5, 5.41) is 3.89. The van der Waals surface area contributed by atoms with Gasteiger partial charge in [-0.2, -0.15) is 0 Å². The van der Waals surface area contributed by atoms with Gasteiger partial charge in [0.25, 0.3) is 0 Å². The van der Waals surface area contributed by atoms with Crippen molar-refractivity contribution in [3.63, 3.8) is 0 Å². The Balaban J connectivity index is 2.14. The van der Waals surface area contributed by atoms with E-state index in [-0.39, 0.29) is 0 Å². The van der Waals surface area contributed by atoms with E-state index in [4.69, 9.17) is 11.6 Å². The quantitative estimate of drug-likeness (QED) is 0.898. The van der Waals surface area contributed by atoms with Crippen molar-refractivity contribution in [1.82, 2.24) is 10.3 Å². The smallest absolute Gasteiger partial charge is 0.147 e. The number of hydrogen-bond acceptors (Lipinski definition) is 3. The van der Waals surface area contributed by atoms with Crippen LogP contribution in [0.4, 0.5) is 5.82 Å². The van der Waals surface area contributed by atoms with E-state index in [1.165, 1.54) is 25.7 Å². The molecule has 0 radical (unpaired) electrons. The molecule has 3 nitrogen and oxygen atoms in total. The molecule has 0 spiro atoms. The largest absolute Gasteiger partial charge is 0.355 e. The van der Waals surface area contributed by atoms with Crippen LogP contribution in [0.1, 0.15) is 31.2 Å². The van der Waals surface area contributed by atoms with Crippen LogP contribution < -0.4 is 10.2 Å². The number of pyridine rings is 1. The third-order valence-electron chi connectivity index (χ3n) is 3.16. The lowest BCUT2D eigenvalue weighted by Gasteiger charge is -2.22. The van der Waals surface area contributed by atoms with Crippen LogP contribution in [0.5, 0.6) is 0 Å². The Morgan fingerprint density at radius 1 is 1.29 bits per heavy atom. The Kier molecular flexibility index (Phi) is 4.63. The van der Waals surface area contributed by atoms with Crippen LogP contribution >= 0.6 is 11.6 Å². The molecule has 1 N–H and O–H groups in total. The minimum atomic E-state index is 0.777. The lowest BCUT2D eigenvalue weighted by Crippen LogP contribution is -2.25. The van der Waals surface area contributed by atoms with Crippen molar-refractivity contribution in [2.45, 2.75) is 32.2 Å². The minimum Gasteiger partial charge on any atom is -0.355 e. The third-order valence-corrected chi connectivity index (χ3v) is 3.44. The van der Waals surface area contributed by atoms with Crippen molar-refractivity contribution in [3.05, 3.63) is 22.8 Å². The molecule has 0 saturated carbocycles. The fourth-order valence-corrected chi connectivity index (χ4v) is 2.59. The van der Waals surface area contributed by atoms with Gasteiger partial charge in [0.2, 0.25) is 0 Å². The lowest BCUT2D eigenvalue weighted by atomic mass is 10.2. The molecule has 0 aromatic carbocycles. The van der Waals surface area contributed by atoms with E-state index >= 15 is 0 Å². The first-order valence-electron chi connectivity index (χ1n) is 6.35. The highest BCUT2D eigenvalue weighted by Gasteiger charge is 2.14. The number of aromatic nitrogens is 1. The van der Waals surface area contributed by atoms with E-state index in [0.29, 0.717) is 0 Å². The number of anilines is 1. The van der Waals surface area contributed by atoms with Gasteiger partial charge in [-0.25, -0.2) is 4.98 Å². The van der Waals surface area contributed by atoms with Crippen molar-refractivity contribution in [2.24, 2.45) is 0 Å². The second-order valence-electron chi connectivity index (χ2n) is 4.58. The van der Waals surface area contributed by atoms with Crippen LogP contribution in [0.2, 0.25) is 5.02 Å². The molecule has 0 amide bonds. The van der Waals surface area contributed by atoms with Crippen LogP contribution in [0, 0.1) is 0 Å². The lowest BCUT2D eigenvalue weighted by molar-refractivity contribution is 0.726. The second-order valence-corrected chi connectivity index (χ2v) is 4.99. The average Bonchev–Trinajstić information content (AvgIpc) is 2.58. The summed E-state index contributed by atoms with van der Waals surface area (Å²) in [6.45, 7) is 2.98. The molecule has 0 aliphatic carbocycles. The van der Waals surface area contributed by atoms with Gasteiger partial charge in [0.15, 0.2) is 0 Å². The standard InChI is InChI=1S/C13H20ClN3/c1-15-9-11-8-12(14)13(16-10-11)17-6-4-2-3-5-7-17/h8,10,15H,2-7,9H2,1H3.